The monoisotopic (exact) mass is 402 g/mol. The van der Waals surface area contributed by atoms with Gasteiger partial charge in [-0.3, -0.25) is 9.59 Å². The van der Waals surface area contributed by atoms with E-state index in [9.17, 15) is 14.0 Å². The van der Waals surface area contributed by atoms with Crippen molar-refractivity contribution in [2.45, 2.75) is 6.92 Å². The Labute approximate surface area is 173 Å². The van der Waals surface area contributed by atoms with Crippen molar-refractivity contribution in [3.63, 3.8) is 0 Å². The molecule has 0 atom stereocenters. The zero-order chi connectivity index (χ0) is 21.3. The van der Waals surface area contributed by atoms with E-state index >= 15 is 0 Å². The summed E-state index contributed by atoms with van der Waals surface area (Å²) in [6, 6.07) is 19.7. The molecule has 1 heterocycles. The SMILES string of the molecule is COc1ccc(NC2=C(c3ccc(F)cc3)C(=O)N(c3cccc(C)c3)C2=O)cc1. The first-order chi connectivity index (χ1) is 14.5. The molecule has 0 fully saturated rings. The van der Waals surface area contributed by atoms with Gasteiger partial charge in [0.25, 0.3) is 11.8 Å². The summed E-state index contributed by atoms with van der Waals surface area (Å²) in [7, 11) is 1.57. The molecule has 4 rings (SSSR count). The largest absolute Gasteiger partial charge is 0.497 e. The molecule has 30 heavy (non-hydrogen) atoms. The smallest absolute Gasteiger partial charge is 0.282 e. The van der Waals surface area contributed by atoms with Crippen molar-refractivity contribution in [2.75, 3.05) is 17.3 Å². The Morgan fingerprint density at radius 1 is 0.900 bits per heavy atom. The van der Waals surface area contributed by atoms with E-state index in [1.54, 1.807) is 49.6 Å². The van der Waals surface area contributed by atoms with Gasteiger partial charge in [-0.2, -0.15) is 0 Å². The number of hydrogen-bond donors (Lipinski definition) is 1. The highest BCUT2D eigenvalue weighted by atomic mass is 19.1. The average Bonchev–Trinajstić information content (AvgIpc) is 2.99. The summed E-state index contributed by atoms with van der Waals surface area (Å²) in [4.78, 5) is 27.7. The van der Waals surface area contributed by atoms with Gasteiger partial charge in [0.15, 0.2) is 0 Å². The minimum absolute atomic E-state index is 0.137. The number of carbonyl (C=O) groups excluding carboxylic acids is 2. The maximum Gasteiger partial charge on any atom is 0.282 e. The van der Waals surface area contributed by atoms with E-state index in [1.807, 2.05) is 13.0 Å². The molecule has 1 aliphatic heterocycles. The van der Waals surface area contributed by atoms with E-state index in [0.29, 0.717) is 22.7 Å². The van der Waals surface area contributed by atoms with Gasteiger partial charge in [0.2, 0.25) is 0 Å². The van der Waals surface area contributed by atoms with Gasteiger partial charge in [-0.25, -0.2) is 9.29 Å². The molecule has 0 aliphatic carbocycles. The van der Waals surface area contributed by atoms with Crippen LogP contribution in [0.2, 0.25) is 0 Å². The minimum Gasteiger partial charge on any atom is -0.497 e. The van der Waals surface area contributed by atoms with Crippen molar-refractivity contribution in [3.8, 4) is 5.75 Å². The van der Waals surface area contributed by atoms with E-state index in [2.05, 4.69) is 5.32 Å². The standard InChI is InChI=1S/C24H19FN2O3/c1-15-4-3-5-19(14-15)27-23(28)21(16-6-8-17(25)9-7-16)22(24(27)29)26-18-10-12-20(30-2)13-11-18/h3-14,26H,1-2H3. The van der Waals surface area contributed by atoms with Crippen LogP contribution in [0.3, 0.4) is 0 Å². The number of nitrogens with zero attached hydrogens (tertiary/aromatic N) is 1. The number of benzene rings is 3. The van der Waals surface area contributed by atoms with Crippen LogP contribution < -0.4 is 15.0 Å². The number of aryl methyl sites for hydroxylation is 1. The van der Waals surface area contributed by atoms with Crippen molar-refractivity contribution in [1.82, 2.24) is 0 Å². The molecule has 0 radical (unpaired) electrons. The van der Waals surface area contributed by atoms with Gasteiger partial charge < -0.3 is 10.1 Å². The molecule has 3 aromatic rings. The number of amides is 2. The topological polar surface area (TPSA) is 58.6 Å². The number of methoxy groups -OCH3 is 1. The predicted molar refractivity (Wildman–Crippen MR) is 114 cm³/mol. The number of rotatable bonds is 5. The Balaban J connectivity index is 1.80. The van der Waals surface area contributed by atoms with Crippen LogP contribution in [0.4, 0.5) is 15.8 Å². The van der Waals surface area contributed by atoms with Crippen molar-refractivity contribution >= 4 is 28.8 Å². The lowest BCUT2D eigenvalue weighted by molar-refractivity contribution is -0.120. The number of hydrogen-bond acceptors (Lipinski definition) is 4. The third-order valence-electron chi connectivity index (χ3n) is 4.84. The van der Waals surface area contributed by atoms with Crippen LogP contribution >= 0.6 is 0 Å². The van der Waals surface area contributed by atoms with Crippen LogP contribution in [0.15, 0.2) is 78.5 Å². The maximum atomic E-state index is 13.4. The zero-order valence-corrected chi connectivity index (χ0v) is 16.5. The number of halogens is 1. The van der Waals surface area contributed by atoms with Gasteiger partial charge >= 0.3 is 0 Å². The summed E-state index contributed by atoms with van der Waals surface area (Å²) in [5.74, 6) is -0.686. The van der Waals surface area contributed by atoms with Gasteiger partial charge in [-0.15, -0.1) is 0 Å². The predicted octanol–water partition coefficient (Wildman–Crippen LogP) is 4.54. The number of carbonyl (C=O) groups is 2. The number of anilines is 2. The van der Waals surface area contributed by atoms with Crippen LogP contribution in [-0.4, -0.2) is 18.9 Å². The lowest BCUT2D eigenvalue weighted by Gasteiger charge is -2.16. The Morgan fingerprint density at radius 3 is 2.23 bits per heavy atom. The molecule has 0 bridgehead atoms. The summed E-state index contributed by atoms with van der Waals surface area (Å²) in [6.45, 7) is 1.89. The van der Waals surface area contributed by atoms with Crippen molar-refractivity contribution in [2.24, 2.45) is 0 Å². The molecule has 1 N–H and O–H groups in total. The molecule has 1 aliphatic rings. The summed E-state index contributed by atoms with van der Waals surface area (Å²) in [6.07, 6.45) is 0. The fourth-order valence-electron chi connectivity index (χ4n) is 3.35. The zero-order valence-electron chi connectivity index (χ0n) is 16.5. The minimum atomic E-state index is -0.472. The maximum absolute atomic E-state index is 13.4. The summed E-state index contributed by atoms with van der Waals surface area (Å²) in [5.41, 5.74) is 2.82. The van der Waals surface area contributed by atoms with Crippen molar-refractivity contribution in [1.29, 1.82) is 0 Å². The molecule has 5 nitrogen and oxygen atoms in total. The van der Waals surface area contributed by atoms with Gasteiger partial charge in [0, 0.05) is 5.69 Å². The summed E-state index contributed by atoms with van der Waals surface area (Å²) >= 11 is 0. The second-order valence-corrected chi connectivity index (χ2v) is 6.90. The number of imide groups is 1. The van der Waals surface area contributed by atoms with E-state index in [0.717, 1.165) is 10.5 Å². The first kappa shape index (κ1) is 19.4. The Morgan fingerprint density at radius 2 is 1.60 bits per heavy atom. The van der Waals surface area contributed by atoms with Gasteiger partial charge in [-0.1, -0.05) is 24.3 Å². The fourth-order valence-corrected chi connectivity index (χ4v) is 3.35. The lowest BCUT2D eigenvalue weighted by Crippen LogP contribution is -2.32. The molecule has 3 aromatic carbocycles. The van der Waals surface area contributed by atoms with Gasteiger partial charge in [-0.05, 0) is 66.6 Å². The molecular weight excluding hydrogens is 383 g/mol. The number of ether oxygens (including phenoxy) is 1. The lowest BCUT2D eigenvalue weighted by atomic mass is 10.0. The summed E-state index contributed by atoms with van der Waals surface area (Å²) < 4.78 is 18.6. The van der Waals surface area contributed by atoms with E-state index in [-0.39, 0.29) is 11.3 Å². The Kier molecular flexibility index (Phi) is 5.06. The molecule has 0 unspecified atom stereocenters. The van der Waals surface area contributed by atoms with E-state index in [1.165, 1.54) is 24.3 Å². The third-order valence-corrected chi connectivity index (χ3v) is 4.84. The molecule has 150 valence electrons. The van der Waals surface area contributed by atoms with Crippen molar-refractivity contribution < 1.29 is 18.7 Å². The Bertz CT molecular complexity index is 1150. The molecule has 0 spiro atoms. The second-order valence-electron chi connectivity index (χ2n) is 6.90. The van der Waals surface area contributed by atoms with Crippen LogP contribution in [0.5, 0.6) is 5.75 Å². The highest BCUT2D eigenvalue weighted by Gasteiger charge is 2.40. The molecule has 0 saturated heterocycles. The highest BCUT2D eigenvalue weighted by Crippen LogP contribution is 2.34. The van der Waals surface area contributed by atoms with Crippen LogP contribution in [0.25, 0.3) is 5.57 Å². The highest BCUT2D eigenvalue weighted by molar-refractivity contribution is 6.46. The first-order valence-corrected chi connectivity index (χ1v) is 9.34. The third kappa shape index (κ3) is 3.55. The van der Waals surface area contributed by atoms with Crippen molar-refractivity contribution in [3.05, 3.63) is 95.4 Å². The van der Waals surface area contributed by atoms with E-state index < -0.39 is 17.6 Å². The molecule has 0 aromatic heterocycles. The van der Waals surface area contributed by atoms with E-state index in [4.69, 9.17) is 4.74 Å². The quantitative estimate of drug-likeness (QED) is 0.637. The first-order valence-electron chi connectivity index (χ1n) is 9.34. The number of nitrogens with one attached hydrogen (secondary N) is 1. The molecule has 6 heteroatoms. The van der Waals surface area contributed by atoms with Gasteiger partial charge in [0.05, 0.1) is 18.4 Å². The van der Waals surface area contributed by atoms with Gasteiger partial charge in [0.1, 0.15) is 17.3 Å². The summed E-state index contributed by atoms with van der Waals surface area (Å²) in [5, 5.41) is 3.07. The van der Waals surface area contributed by atoms with Crippen LogP contribution in [0.1, 0.15) is 11.1 Å². The molecule has 2 amide bonds. The molecular formula is C24H19FN2O3. The van der Waals surface area contributed by atoms with Crippen LogP contribution in [0, 0.1) is 12.7 Å². The fraction of sp³-hybridized carbons (Fsp3) is 0.0833. The van der Waals surface area contributed by atoms with Crippen LogP contribution in [-0.2, 0) is 9.59 Å². The second kappa shape index (κ2) is 7.83. The Hall–Kier alpha value is -3.93. The average molecular weight is 402 g/mol. The molecule has 0 saturated carbocycles. The normalized spacial score (nSPS) is 13.8.